The normalized spacial score (nSPS) is 11.3. The number of ether oxygens (including phenoxy) is 3. The molecule has 1 amide bonds. The first kappa shape index (κ1) is 27.2. The van der Waals surface area contributed by atoms with Crippen molar-refractivity contribution in [3.8, 4) is 29.6 Å². The fourth-order valence-corrected chi connectivity index (χ4v) is 3.99. The number of benzene rings is 2. The average molecular weight is 494 g/mol. The number of carbonyl (C=O) groups is 2. The molecule has 0 saturated heterocycles. The molecule has 2 aromatic rings. The summed E-state index contributed by atoms with van der Waals surface area (Å²) < 4.78 is 15.9. The molecule has 0 aliphatic carbocycles. The number of methoxy groups -OCH3 is 3. The molecule has 0 atom stereocenters. The van der Waals surface area contributed by atoms with Gasteiger partial charge in [0.2, 0.25) is 5.75 Å². The van der Waals surface area contributed by atoms with Gasteiger partial charge < -0.3 is 24.6 Å². The van der Waals surface area contributed by atoms with Crippen molar-refractivity contribution in [1.29, 1.82) is 0 Å². The van der Waals surface area contributed by atoms with Gasteiger partial charge >= 0.3 is 5.97 Å². The van der Waals surface area contributed by atoms with Crippen LogP contribution in [-0.2, 0) is 0 Å². The zero-order valence-electron chi connectivity index (χ0n) is 20.2. The zero-order valence-corrected chi connectivity index (χ0v) is 21.0. The van der Waals surface area contributed by atoms with Crippen LogP contribution in [-0.4, -0.2) is 38.3 Å². The third-order valence-electron chi connectivity index (χ3n) is 4.87. The van der Waals surface area contributed by atoms with Gasteiger partial charge in [0.25, 0.3) is 5.91 Å². The summed E-state index contributed by atoms with van der Waals surface area (Å²) in [5.41, 5.74) is 1.95. The van der Waals surface area contributed by atoms with E-state index in [0.717, 1.165) is 10.5 Å². The molecule has 2 N–H and O–H groups in total. The second-order valence-corrected chi connectivity index (χ2v) is 8.28. The van der Waals surface area contributed by atoms with Crippen LogP contribution < -0.4 is 19.5 Å². The van der Waals surface area contributed by atoms with Crippen LogP contribution >= 0.6 is 11.8 Å². The summed E-state index contributed by atoms with van der Waals surface area (Å²) in [5, 5.41) is 12.4. The maximum absolute atomic E-state index is 13.0. The molecule has 2 aromatic carbocycles. The number of anilines is 1. The largest absolute Gasteiger partial charge is 0.493 e. The van der Waals surface area contributed by atoms with Crippen LogP contribution in [0.1, 0.15) is 40.1 Å². The van der Waals surface area contributed by atoms with Gasteiger partial charge in [-0.3, -0.25) is 4.79 Å². The zero-order chi connectivity index (χ0) is 26.1. The van der Waals surface area contributed by atoms with Crippen LogP contribution in [0.2, 0.25) is 0 Å². The molecular weight excluding hydrogens is 466 g/mol. The highest BCUT2D eigenvalue weighted by Crippen LogP contribution is 2.39. The second kappa shape index (κ2) is 12.4. The lowest BCUT2D eigenvalue weighted by atomic mass is 10.1. The van der Waals surface area contributed by atoms with Gasteiger partial charge in [-0.2, -0.15) is 0 Å². The molecule has 0 fully saturated rings. The second-order valence-electron chi connectivity index (χ2n) is 7.14. The number of hydrogen-bond acceptors (Lipinski definition) is 6. The fourth-order valence-electron chi connectivity index (χ4n) is 3.15. The Balaban J connectivity index is 2.43. The van der Waals surface area contributed by atoms with E-state index in [1.54, 1.807) is 12.1 Å². The van der Waals surface area contributed by atoms with Gasteiger partial charge in [0.1, 0.15) is 0 Å². The number of carboxylic acids is 1. The first-order valence-electron chi connectivity index (χ1n) is 10.3. The topological polar surface area (TPSA) is 94.1 Å². The molecule has 2 rings (SSSR count). The van der Waals surface area contributed by atoms with Gasteiger partial charge in [-0.1, -0.05) is 30.3 Å². The number of carboxylic acid groups (broad SMARTS) is 1. The smallest absolute Gasteiger partial charge is 0.335 e. The molecule has 182 valence electrons. The van der Waals surface area contributed by atoms with E-state index in [0.29, 0.717) is 33.4 Å². The molecule has 0 aromatic heterocycles. The van der Waals surface area contributed by atoms with E-state index < -0.39 is 11.9 Å². The Morgan fingerprint density at radius 2 is 1.63 bits per heavy atom. The molecule has 0 bridgehead atoms. The maximum atomic E-state index is 13.0. The van der Waals surface area contributed by atoms with Crippen molar-refractivity contribution in [2.75, 3.05) is 26.6 Å². The van der Waals surface area contributed by atoms with Crippen molar-refractivity contribution < 1.29 is 28.9 Å². The molecule has 0 saturated carbocycles. The van der Waals surface area contributed by atoms with Gasteiger partial charge in [0.15, 0.2) is 11.5 Å². The number of rotatable bonds is 10. The third kappa shape index (κ3) is 6.71. The summed E-state index contributed by atoms with van der Waals surface area (Å²) in [6, 6.07) is 7.55. The summed E-state index contributed by atoms with van der Waals surface area (Å²) in [7, 11) is 4.36. The van der Waals surface area contributed by atoms with Crippen molar-refractivity contribution in [3.63, 3.8) is 0 Å². The van der Waals surface area contributed by atoms with Gasteiger partial charge in [0.05, 0.1) is 26.9 Å². The first-order chi connectivity index (χ1) is 16.7. The van der Waals surface area contributed by atoms with Crippen LogP contribution in [0.25, 0.3) is 4.91 Å². The molecular formula is C27H27NO6S. The van der Waals surface area contributed by atoms with E-state index in [1.165, 1.54) is 57.4 Å². The van der Waals surface area contributed by atoms with Crippen LogP contribution in [0.15, 0.2) is 59.5 Å². The quantitative estimate of drug-likeness (QED) is 0.317. The highest BCUT2D eigenvalue weighted by atomic mass is 32.2. The Bertz CT molecular complexity index is 1230. The number of hydrogen-bond donors (Lipinski definition) is 2. The SMILES string of the molecule is C#C/C=C(C)\C(=C/C)SC(=C)c1cc(NC(=O)c2cc(OC)c(OC)c(OC)c2)cc(C(=O)O)c1. The molecule has 35 heavy (non-hydrogen) atoms. The standard InChI is InChI=1S/C27H27NO6S/c1-8-10-16(3)24(9-2)35-17(4)18-11-20(27(30)31)13-21(12-18)28-26(29)19-14-22(32-5)25(34-7)23(15-19)33-6/h1,9-15H,4H2,2-3,5-7H3,(H,28,29)(H,30,31)/b16-10-,24-9+. The predicted molar refractivity (Wildman–Crippen MR) is 140 cm³/mol. The number of thioether (sulfide) groups is 1. The minimum atomic E-state index is -1.14. The predicted octanol–water partition coefficient (Wildman–Crippen LogP) is 5.85. The lowest BCUT2D eigenvalue weighted by molar-refractivity contribution is 0.0696. The van der Waals surface area contributed by atoms with Crippen LogP contribution in [0, 0.1) is 12.3 Å². The number of aromatic carboxylic acids is 1. The molecule has 0 spiro atoms. The van der Waals surface area contributed by atoms with Crippen molar-refractivity contribution in [2.24, 2.45) is 0 Å². The average Bonchev–Trinajstić information content (AvgIpc) is 2.85. The van der Waals surface area contributed by atoms with E-state index in [1.807, 2.05) is 19.9 Å². The fraction of sp³-hybridized carbons (Fsp3) is 0.185. The minimum absolute atomic E-state index is 0.00218. The molecule has 7 nitrogen and oxygen atoms in total. The van der Waals surface area contributed by atoms with Crippen molar-refractivity contribution in [2.45, 2.75) is 13.8 Å². The lowest BCUT2D eigenvalue weighted by Crippen LogP contribution is -2.13. The summed E-state index contributed by atoms with van der Waals surface area (Å²) >= 11 is 1.35. The number of amides is 1. The summed E-state index contributed by atoms with van der Waals surface area (Å²) in [6.45, 7) is 7.85. The molecule has 0 radical (unpaired) electrons. The molecule has 0 aliphatic rings. The van der Waals surface area contributed by atoms with Crippen LogP contribution in [0.5, 0.6) is 17.2 Å². The van der Waals surface area contributed by atoms with Gasteiger partial charge in [0, 0.05) is 21.1 Å². The Kier molecular flexibility index (Phi) is 9.62. The van der Waals surface area contributed by atoms with E-state index in [4.69, 9.17) is 20.6 Å². The van der Waals surface area contributed by atoms with Crippen molar-refractivity contribution in [1.82, 2.24) is 0 Å². The Hall–Kier alpha value is -4.09. The maximum Gasteiger partial charge on any atom is 0.335 e. The van der Waals surface area contributed by atoms with Gasteiger partial charge in [-0.15, -0.1) is 6.42 Å². The van der Waals surface area contributed by atoms with Gasteiger partial charge in [-0.25, -0.2) is 4.79 Å². The van der Waals surface area contributed by atoms with Gasteiger partial charge in [-0.05, 0) is 61.4 Å². The highest BCUT2D eigenvalue weighted by Gasteiger charge is 2.18. The Morgan fingerprint density at radius 1 is 1.03 bits per heavy atom. The number of allylic oxidation sites excluding steroid dienone is 3. The Morgan fingerprint density at radius 3 is 2.11 bits per heavy atom. The molecule has 0 unspecified atom stereocenters. The Labute approximate surface area is 209 Å². The molecule has 8 heteroatoms. The number of carbonyl (C=O) groups excluding carboxylic acids is 1. The number of terminal acetylenes is 1. The van der Waals surface area contributed by atoms with E-state index in [9.17, 15) is 14.7 Å². The van der Waals surface area contributed by atoms with E-state index >= 15 is 0 Å². The third-order valence-corrected chi connectivity index (χ3v) is 6.13. The van der Waals surface area contributed by atoms with E-state index in [-0.39, 0.29) is 11.1 Å². The minimum Gasteiger partial charge on any atom is -0.493 e. The van der Waals surface area contributed by atoms with Crippen molar-refractivity contribution in [3.05, 3.63) is 76.2 Å². The monoisotopic (exact) mass is 493 g/mol. The lowest BCUT2D eigenvalue weighted by Gasteiger charge is -2.15. The first-order valence-corrected chi connectivity index (χ1v) is 11.2. The molecule has 0 aliphatic heterocycles. The van der Waals surface area contributed by atoms with Crippen molar-refractivity contribution >= 4 is 34.2 Å². The summed E-state index contributed by atoms with van der Waals surface area (Å²) in [6.07, 6.45) is 8.91. The molecule has 0 heterocycles. The van der Waals surface area contributed by atoms with E-state index in [2.05, 4.69) is 17.8 Å². The summed E-state index contributed by atoms with van der Waals surface area (Å²) in [4.78, 5) is 26.3. The summed E-state index contributed by atoms with van der Waals surface area (Å²) in [5.74, 6) is 1.85. The number of nitrogens with one attached hydrogen (secondary N) is 1. The highest BCUT2D eigenvalue weighted by molar-refractivity contribution is 8.12. The van der Waals surface area contributed by atoms with Crippen LogP contribution in [0.3, 0.4) is 0 Å². The van der Waals surface area contributed by atoms with Crippen LogP contribution in [0.4, 0.5) is 5.69 Å².